The number of hydrogen-bond acceptors (Lipinski definition) is 4. The number of benzene rings is 1. The second-order valence-electron chi connectivity index (χ2n) is 5.97. The van der Waals surface area contributed by atoms with Gasteiger partial charge in [0.2, 0.25) is 5.91 Å². The molecule has 0 radical (unpaired) electrons. The van der Waals surface area contributed by atoms with E-state index in [0.717, 1.165) is 10.1 Å². The Morgan fingerprint density at radius 3 is 2.62 bits per heavy atom. The first-order valence-corrected chi connectivity index (χ1v) is 8.06. The summed E-state index contributed by atoms with van der Waals surface area (Å²) in [6, 6.07) is 9.02. The Kier molecular flexibility index (Phi) is 4.83. The van der Waals surface area contributed by atoms with Crippen LogP contribution in [-0.2, 0) is 25.3 Å². The van der Waals surface area contributed by atoms with Crippen molar-refractivity contribution >= 4 is 5.91 Å². The summed E-state index contributed by atoms with van der Waals surface area (Å²) in [5, 5.41) is 2.92. The van der Waals surface area contributed by atoms with Gasteiger partial charge in [-0.05, 0) is 5.56 Å². The highest BCUT2D eigenvalue weighted by Crippen LogP contribution is 2.20. The van der Waals surface area contributed by atoms with Crippen LogP contribution in [0.1, 0.15) is 23.0 Å². The van der Waals surface area contributed by atoms with Crippen LogP contribution >= 0.6 is 0 Å². The number of rotatable bonds is 5. The van der Waals surface area contributed by atoms with Crippen LogP contribution in [0.3, 0.4) is 0 Å². The minimum atomic E-state index is -0.519. The van der Waals surface area contributed by atoms with Crippen LogP contribution < -0.4 is 16.6 Å². The fraction of sp³-hybridized carbons (Fsp3) is 0.222. The van der Waals surface area contributed by atoms with Gasteiger partial charge in [-0.15, -0.1) is 0 Å². The second-order valence-corrected chi connectivity index (χ2v) is 5.97. The first-order valence-electron chi connectivity index (χ1n) is 8.06. The van der Waals surface area contributed by atoms with Crippen molar-refractivity contribution < 1.29 is 4.79 Å². The Labute approximate surface area is 149 Å². The fourth-order valence-corrected chi connectivity index (χ4v) is 2.72. The first-order chi connectivity index (χ1) is 12.5. The molecule has 1 atom stereocenters. The smallest absolute Gasteiger partial charge is 0.328 e. The van der Waals surface area contributed by atoms with Gasteiger partial charge in [0.25, 0.3) is 5.56 Å². The molecular formula is C18H19N5O3. The molecule has 134 valence electrons. The summed E-state index contributed by atoms with van der Waals surface area (Å²) in [5.41, 5.74) is 0.0901. The highest BCUT2D eigenvalue weighted by Gasteiger charge is 2.21. The standard InChI is InChI=1S/C18H19N5O3/c1-22-9-8-19-16(22)15(12-6-4-3-5-7-12)21-14(24)10-13-11-20-18(26)23(2)17(13)25/h3-9,11,15H,10H2,1-2H3,(H,20,26)(H,21,24)/t15-/m1/s1. The first kappa shape index (κ1) is 17.4. The van der Waals surface area contributed by atoms with Gasteiger partial charge in [-0.1, -0.05) is 30.3 Å². The zero-order chi connectivity index (χ0) is 18.7. The summed E-state index contributed by atoms with van der Waals surface area (Å²) in [6.45, 7) is 0. The third-order valence-corrected chi connectivity index (χ3v) is 4.16. The van der Waals surface area contributed by atoms with Gasteiger partial charge in [0.05, 0.1) is 6.42 Å². The van der Waals surface area contributed by atoms with Crippen LogP contribution in [0.5, 0.6) is 0 Å². The van der Waals surface area contributed by atoms with E-state index in [-0.39, 0.29) is 17.9 Å². The lowest BCUT2D eigenvalue weighted by Crippen LogP contribution is -2.37. The maximum Gasteiger partial charge on any atom is 0.328 e. The molecule has 0 bridgehead atoms. The second kappa shape index (κ2) is 7.22. The Balaban J connectivity index is 1.87. The number of carbonyl (C=O) groups excluding carboxylic acids is 1. The largest absolute Gasteiger partial charge is 0.342 e. The monoisotopic (exact) mass is 353 g/mol. The van der Waals surface area contributed by atoms with Gasteiger partial charge in [-0.3, -0.25) is 14.2 Å². The number of nitrogens with zero attached hydrogens (tertiary/aromatic N) is 3. The maximum absolute atomic E-state index is 12.6. The molecule has 2 heterocycles. The molecule has 2 N–H and O–H groups in total. The zero-order valence-electron chi connectivity index (χ0n) is 14.5. The van der Waals surface area contributed by atoms with Crippen molar-refractivity contribution in [3.8, 4) is 0 Å². The summed E-state index contributed by atoms with van der Waals surface area (Å²) < 4.78 is 2.77. The lowest BCUT2D eigenvalue weighted by atomic mass is 10.1. The Bertz CT molecular complexity index is 1030. The van der Waals surface area contributed by atoms with E-state index in [1.165, 1.54) is 13.2 Å². The number of aromatic nitrogens is 4. The number of imidazole rings is 1. The molecular weight excluding hydrogens is 334 g/mol. The number of amides is 1. The summed E-state index contributed by atoms with van der Waals surface area (Å²) >= 11 is 0. The highest BCUT2D eigenvalue weighted by atomic mass is 16.2. The Hall–Kier alpha value is -3.42. The molecule has 0 saturated heterocycles. The average molecular weight is 353 g/mol. The van der Waals surface area contributed by atoms with Crippen LogP contribution in [0, 0.1) is 0 Å². The number of aromatic amines is 1. The van der Waals surface area contributed by atoms with E-state index in [1.54, 1.807) is 12.4 Å². The number of hydrogen-bond donors (Lipinski definition) is 2. The van der Waals surface area contributed by atoms with Crippen molar-refractivity contribution in [3.05, 3.63) is 86.7 Å². The van der Waals surface area contributed by atoms with Crippen LogP contribution in [-0.4, -0.2) is 25.0 Å². The van der Waals surface area contributed by atoms with E-state index in [4.69, 9.17) is 0 Å². The quantitative estimate of drug-likeness (QED) is 0.687. The molecule has 0 aliphatic carbocycles. The van der Waals surface area contributed by atoms with Crippen LogP contribution in [0.2, 0.25) is 0 Å². The van der Waals surface area contributed by atoms with Gasteiger partial charge < -0.3 is 14.9 Å². The van der Waals surface area contributed by atoms with E-state index in [0.29, 0.717) is 5.82 Å². The summed E-state index contributed by atoms with van der Waals surface area (Å²) in [5.74, 6) is 0.338. The molecule has 0 spiro atoms. The number of nitrogens with one attached hydrogen (secondary N) is 2. The van der Waals surface area contributed by atoms with Gasteiger partial charge in [0.15, 0.2) is 0 Å². The van der Waals surface area contributed by atoms with Crippen LogP contribution in [0.15, 0.2) is 58.5 Å². The molecule has 0 fully saturated rings. The van der Waals surface area contributed by atoms with Gasteiger partial charge in [0.1, 0.15) is 11.9 Å². The van der Waals surface area contributed by atoms with E-state index < -0.39 is 17.3 Å². The van der Waals surface area contributed by atoms with Crippen LogP contribution in [0.4, 0.5) is 0 Å². The van der Waals surface area contributed by atoms with Crippen molar-refractivity contribution in [3.63, 3.8) is 0 Å². The summed E-state index contributed by atoms with van der Waals surface area (Å²) in [6.07, 6.45) is 4.60. The molecule has 3 rings (SSSR count). The minimum Gasteiger partial charge on any atom is -0.342 e. The molecule has 0 saturated carbocycles. The molecule has 3 aromatic rings. The van der Waals surface area contributed by atoms with Gasteiger partial charge in [-0.25, -0.2) is 9.78 Å². The number of H-pyrrole nitrogens is 1. The molecule has 0 unspecified atom stereocenters. The molecule has 2 aromatic heterocycles. The van der Waals surface area contributed by atoms with Crippen molar-refractivity contribution in [1.82, 2.24) is 24.4 Å². The van der Waals surface area contributed by atoms with Crippen molar-refractivity contribution in [2.45, 2.75) is 12.5 Å². The molecule has 26 heavy (non-hydrogen) atoms. The van der Waals surface area contributed by atoms with Crippen molar-refractivity contribution in [2.75, 3.05) is 0 Å². The van der Waals surface area contributed by atoms with Crippen LogP contribution in [0.25, 0.3) is 0 Å². The molecule has 8 nitrogen and oxygen atoms in total. The molecule has 8 heteroatoms. The topological polar surface area (TPSA) is 102 Å². The Morgan fingerprint density at radius 2 is 1.96 bits per heavy atom. The zero-order valence-corrected chi connectivity index (χ0v) is 14.5. The molecule has 0 aliphatic heterocycles. The normalized spacial score (nSPS) is 11.9. The van der Waals surface area contributed by atoms with E-state index in [9.17, 15) is 14.4 Å². The summed E-state index contributed by atoms with van der Waals surface area (Å²) in [4.78, 5) is 42.9. The highest BCUT2D eigenvalue weighted by molar-refractivity contribution is 5.79. The average Bonchev–Trinajstić information content (AvgIpc) is 3.07. The maximum atomic E-state index is 12.6. The predicted molar refractivity (Wildman–Crippen MR) is 95.6 cm³/mol. The molecule has 1 amide bonds. The number of aryl methyl sites for hydroxylation is 1. The van der Waals surface area contributed by atoms with Gasteiger partial charge in [0, 0.05) is 38.2 Å². The van der Waals surface area contributed by atoms with Crippen molar-refractivity contribution in [2.24, 2.45) is 14.1 Å². The third-order valence-electron chi connectivity index (χ3n) is 4.16. The lowest BCUT2D eigenvalue weighted by molar-refractivity contribution is -0.121. The lowest BCUT2D eigenvalue weighted by Gasteiger charge is -2.19. The minimum absolute atomic E-state index is 0.142. The number of carbonyl (C=O) groups is 1. The van der Waals surface area contributed by atoms with E-state index in [2.05, 4.69) is 15.3 Å². The SMILES string of the molecule is Cn1ccnc1[C@H](NC(=O)Cc1c[nH]c(=O)n(C)c1=O)c1ccccc1. The molecule has 1 aromatic carbocycles. The third kappa shape index (κ3) is 3.49. The molecule has 0 aliphatic rings. The Morgan fingerprint density at radius 1 is 1.23 bits per heavy atom. The fourth-order valence-electron chi connectivity index (χ4n) is 2.72. The van der Waals surface area contributed by atoms with Gasteiger partial charge in [-0.2, -0.15) is 0 Å². The van der Waals surface area contributed by atoms with E-state index in [1.807, 2.05) is 41.9 Å². The van der Waals surface area contributed by atoms with Gasteiger partial charge >= 0.3 is 5.69 Å². The van der Waals surface area contributed by atoms with Crippen molar-refractivity contribution in [1.29, 1.82) is 0 Å². The predicted octanol–water partition coefficient (Wildman–Crippen LogP) is 0.255. The van der Waals surface area contributed by atoms with E-state index >= 15 is 0 Å². The summed E-state index contributed by atoms with van der Waals surface area (Å²) in [7, 11) is 3.21.